The maximum Gasteiger partial charge on any atom is 0.188 e. The van der Waals surface area contributed by atoms with Gasteiger partial charge in [-0.3, -0.25) is 4.79 Å². The topological polar surface area (TPSA) is 35.5 Å². The van der Waals surface area contributed by atoms with E-state index in [1.54, 1.807) is 6.07 Å². The second-order valence-electron chi connectivity index (χ2n) is 4.68. The Morgan fingerprint density at radius 1 is 1.42 bits per heavy atom. The molecule has 1 unspecified atom stereocenters. The summed E-state index contributed by atoms with van der Waals surface area (Å²) in [5.41, 5.74) is 0.307. The first kappa shape index (κ1) is 15.6. The summed E-state index contributed by atoms with van der Waals surface area (Å²) in [5, 5.41) is 0. The molecule has 0 aromatic heterocycles. The number of rotatable bonds is 8. The third-order valence-electron chi connectivity index (χ3n) is 2.89. The Labute approximate surface area is 113 Å². The summed E-state index contributed by atoms with van der Waals surface area (Å²) < 4.78 is 23.6. The van der Waals surface area contributed by atoms with Gasteiger partial charge in [-0.1, -0.05) is 20.3 Å². The number of hydrogen-bond acceptors (Lipinski definition) is 3. The van der Waals surface area contributed by atoms with Gasteiger partial charge in [-0.25, -0.2) is 4.39 Å². The molecule has 0 aliphatic carbocycles. The molecular formula is C15H21FO3. The van der Waals surface area contributed by atoms with Crippen molar-refractivity contribution in [2.24, 2.45) is 5.92 Å². The molecule has 0 saturated heterocycles. The van der Waals surface area contributed by atoms with E-state index in [1.165, 1.54) is 19.2 Å². The molecule has 19 heavy (non-hydrogen) atoms. The first-order valence-corrected chi connectivity index (χ1v) is 6.53. The third kappa shape index (κ3) is 4.99. The fourth-order valence-electron chi connectivity index (χ4n) is 1.85. The van der Waals surface area contributed by atoms with Crippen LogP contribution in [0.5, 0.6) is 5.75 Å². The fourth-order valence-corrected chi connectivity index (χ4v) is 1.85. The van der Waals surface area contributed by atoms with Gasteiger partial charge < -0.3 is 9.47 Å². The molecule has 1 rings (SSSR count). The van der Waals surface area contributed by atoms with Crippen molar-refractivity contribution in [3.8, 4) is 5.75 Å². The Hall–Kier alpha value is -1.42. The van der Waals surface area contributed by atoms with E-state index in [0.717, 1.165) is 12.8 Å². The molecule has 0 saturated carbocycles. The maximum absolute atomic E-state index is 13.4. The molecule has 0 aliphatic rings. The van der Waals surface area contributed by atoms with E-state index in [2.05, 4.69) is 13.8 Å². The van der Waals surface area contributed by atoms with Crippen LogP contribution in [0.4, 0.5) is 4.39 Å². The van der Waals surface area contributed by atoms with E-state index in [4.69, 9.17) is 9.47 Å². The molecule has 0 radical (unpaired) electrons. The number of carbonyl (C=O) groups excluding carboxylic acids is 1. The van der Waals surface area contributed by atoms with Crippen LogP contribution in [0.15, 0.2) is 18.2 Å². The van der Waals surface area contributed by atoms with Crippen LogP contribution in [0.25, 0.3) is 0 Å². The van der Waals surface area contributed by atoms with E-state index >= 15 is 0 Å². The van der Waals surface area contributed by atoms with E-state index in [-0.39, 0.29) is 18.1 Å². The average molecular weight is 268 g/mol. The highest BCUT2D eigenvalue weighted by Crippen LogP contribution is 2.18. The van der Waals surface area contributed by atoms with Gasteiger partial charge in [0.15, 0.2) is 17.3 Å². The van der Waals surface area contributed by atoms with Gasteiger partial charge in [-0.2, -0.15) is 0 Å². The molecule has 0 amide bonds. The molecule has 1 aromatic carbocycles. The summed E-state index contributed by atoms with van der Waals surface area (Å²) in [6.45, 7) is 4.74. The van der Waals surface area contributed by atoms with Gasteiger partial charge in [0.1, 0.15) is 6.61 Å². The number of ether oxygens (including phenoxy) is 2. The Bertz CT molecular complexity index is 418. The predicted octanol–water partition coefficient (Wildman–Crippen LogP) is 3.47. The highest BCUT2D eigenvalue weighted by atomic mass is 19.1. The first-order valence-electron chi connectivity index (χ1n) is 6.53. The Balaban J connectivity index is 2.47. The van der Waals surface area contributed by atoms with Crippen LogP contribution < -0.4 is 4.74 Å². The lowest BCUT2D eigenvalue weighted by Gasteiger charge is -2.10. The zero-order valence-corrected chi connectivity index (χ0v) is 11.7. The van der Waals surface area contributed by atoms with Crippen molar-refractivity contribution in [1.29, 1.82) is 0 Å². The van der Waals surface area contributed by atoms with E-state index in [1.807, 2.05) is 0 Å². The summed E-state index contributed by atoms with van der Waals surface area (Å²) in [4.78, 5) is 11.8. The van der Waals surface area contributed by atoms with E-state index < -0.39 is 5.82 Å². The molecule has 0 heterocycles. The Morgan fingerprint density at radius 2 is 2.16 bits per heavy atom. The first-order chi connectivity index (χ1) is 9.08. The number of Topliss-reactive ketones (excluding diaryl/α,β-unsaturated/α-hetero) is 1. The minimum atomic E-state index is -0.535. The lowest BCUT2D eigenvalue weighted by molar-refractivity contribution is 0.0683. The number of ketones is 1. The van der Waals surface area contributed by atoms with Crippen LogP contribution in [0.1, 0.15) is 37.0 Å². The SMILES string of the molecule is CCCC(C)COCC(=O)c1ccc(OC)c(F)c1. The standard InChI is InChI=1S/C15H21FO3/c1-4-5-11(2)9-19-10-14(17)12-6-7-15(18-3)13(16)8-12/h6-8,11H,4-5,9-10H2,1-3H3. The van der Waals surface area contributed by atoms with Crippen LogP contribution in [-0.4, -0.2) is 26.1 Å². The second-order valence-corrected chi connectivity index (χ2v) is 4.68. The second kappa shape index (κ2) is 7.89. The average Bonchev–Trinajstić information content (AvgIpc) is 2.38. The van der Waals surface area contributed by atoms with E-state index in [0.29, 0.717) is 18.1 Å². The van der Waals surface area contributed by atoms with Gasteiger partial charge in [-0.05, 0) is 30.5 Å². The quantitative estimate of drug-likeness (QED) is 0.677. The van der Waals surface area contributed by atoms with Gasteiger partial charge >= 0.3 is 0 Å². The largest absolute Gasteiger partial charge is 0.494 e. The zero-order chi connectivity index (χ0) is 14.3. The number of benzene rings is 1. The van der Waals surface area contributed by atoms with Crippen molar-refractivity contribution >= 4 is 5.78 Å². The summed E-state index contributed by atoms with van der Waals surface area (Å²) in [6, 6.07) is 4.17. The third-order valence-corrected chi connectivity index (χ3v) is 2.89. The van der Waals surface area contributed by atoms with Crippen molar-refractivity contribution in [1.82, 2.24) is 0 Å². The van der Waals surface area contributed by atoms with Gasteiger partial charge in [0.25, 0.3) is 0 Å². The molecule has 0 spiro atoms. The molecule has 0 N–H and O–H groups in total. The molecule has 4 heteroatoms. The monoisotopic (exact) mass is 268 g/mol. The van der Waals surface area contributed by atoms with Gasteiger partial charge in [0.05, 0.1) is 7.11 Å². The molecule has 0 fully saturated rings. The minimum Gasteiger partial charge on any atom is -0.494 e. The van der Waals surface area contributed by atoms with E-state index in [9.17, 15) is 9.18 Å². The summed E-state index contributed by atoms with van der Waals surface area (Å²) in [7, 11) is 1.39. The normalized spacial score (nSPS) is 12.2. The molecule has 3 nitrogen and oxygen atoms in total. The molecule has 0 aliphatic heterocycles. The lowest BCUT2D eigenvalue weighted by atomic mass is 10.1. The predicted molar refractivity (Wildman–Crippen MR) is 72.2 cm³/mol. The fraction of sp³-hybridized carbons (Fsp3) is 0.533. The van der Waals surface area contributed by atoms with Gasteiger partial charge in [0, 0.05) is 12.2 Å². The number of hydrogen-bond donors (Lipinski definition) is 0. The summed E-state index contributed by atoms with van der Waals surface area (Å²) >= 11 is 0. The molecule has 106 valence electrons. The number of halogens is 1. The Kier molecular flexibility index (Phi) is 6.50. The van der Waals surface area contributed by atoms with Crippen molar-refractivity contribution in [3.05, 3.63) is 29.6 Å². The molecule has 1 atom stereocenters. The maximum atomic E-state index is 13.4. The summed E-state index contributed by atoms with van der Waals surface area (Å²) in [6.07, 6.45) is 2.17. The van der Waals surface area contributed by atoms with Crippen molar-refractivity contribution < 1.29 is 18.7 Å². The molecule has 0 bridgehead atoms. The lowest BCUT2D eigenvalue weighted by Crippen LogP contribution is -2.13. The minimum absolute atomic E-state index is 0.0141. The molecule has 1 aromatic rings. The van der Waals surface area contributed by atoms with Crippen LogP contribution in [0.2, 0.25) is 0 Å². The van der Waals surface area contributed by atoms with Gasteiger partial charge in [0.2, 0.25) is 0 Å². The van der Waals surface area contributed by atoms with Crippen LogP contribution in [-0.2, 0) is 4.74 Å². The highest BCUT2D eigenvalue weighted by Gasteiger charge is 2.11. The number of carbonyl (C=O) groups is 1. The van der Waals surface area contributed by atoms with Crippen LogP contribution >= 0.6 is 0 Å². The number of methoxy groups -OCH3 is 1. The molecular weight excluding hydrogens is 247 g/mol. The van der Waals surface area contributed by atoms with Crippen LogP contribution in [0.3, 0.4) is 0 Å². The summed E-state index contributed by atoms with van der Waals surface area (Å²) in [5.74, 6) is -0.183. The van der Waals surface area contributed by atoms with Crippen molar-refractivity contribution in [2.75, 3.05) is 20.3 Å². The van der Waals surface area contributed by atoms with Crippen LogP contribution in [0, 0.1) is 11.7 Å². The highest BCUT2D eigenvalue weighted by molar-refractivity contribution is 5.97. The Morgan fingerprint density at radius 3 is 2.74 bits per heavy atom. The van der Waals surface area contributed by atoms with Crippen molar-refractivity contribution in [3.63, 3.8) is 0 Å². The van der Waals surface area contributed by atoms with Crippen molar-refractivity contribution in [2.45, 2.75) is 26.7 Å². The van der Waals surface area contributed by atoms with Gasteiger partial charge in [-0.15, -0.1) is 0 Å². The smallest absolute Gasteiger partial charge is 0.188 e. The zero-order valence-electron chi connectivity index (χ0n) is 11.7.